The molecular formula is C19H27NO3. The Morgan fingerprint density at radius 1 is 1.30 bits per heavy atom. The second-order valence-corrected chi connectivity index (χ2v) is 6.36. The van der Waals surface area contributed by atoms with Crippen LogP contribution in [0.15, 0.2) is 24.3 Å². The molecule has 0 spiro atoms. The Hall–Kier alpha value is -1.99. The molecule has 1 rings (SSSR count). The molecule has 1 aromatic rings. The first kappa shape index (κ1) is 19.1. The largest absolute Gasteiger partial charge is 0.444 e. The van der Waals surface area contributed by atoms with E-state index in [-0.39, 0.29) is 12.7 Å². The quantitative estimate of drug-likeness (QED) is 0.625. The molecule has 23 heavy (non-hydrogen) atoms. The number of aliphatic hydroxyl groups is 1. The van der Waals surface area contributed by atoms with Crippen LogP contribution in [0.3, 0.4) is 0 Å². The number of unbranched alkanes of at least 4 members (excludes halogenated alkanes) is 1. The lowest BCUT2D eigenvalue weighted by Crippen LogP contribution is -2.33. The fourth-order valence-electron chi connectivity index (χ4n) is 1.93. The lowest BCUT2D eigenvalue weighted by atomic mass is 10.1. The summed E-state index contributed by atoms with van der Waals surface area (Å²) in [6, 6.07) is 8.10. The van der Waals surface area contributed by atoms with E-state index in [2.05, 4.69) is 29.3 Å². The van der Waals surface area contributed by atoms with Gasteiger partial charge in [-0.05, 0) is 57.7 Å². The Morgan fingerprint density at radius 3 is 2.78 bits per heavy atom. The van der Waals surface area contributed by atoms with Gasteiger partial charge in [0.1, 0.15) is 5.60 Å². The summed E-state index contributed by atoms with van der Waals surface area (Å²) in [6.07, 6.45) is 2.77. The first-order valence-corrected chi connectivity index (χ1v) is 8.06. The molecule has 1 aromatic carbocycles. The lowest BCUT2D eigenvalue weighted by molar-refractivity contribution is 0.0527. The van der Waals surface area contributed by atoms with Gasteiger partial charge in [-0.15, -0.1) is 0 Å². The van der Waals surface area contributed by atoms with E-state index in [9.17, 15) is 4.79 Å². The van der Waals surface area contributed by atoms with Gasteiger partial charge in [-0.1, -0.05) is 24.0 Å². The zero-order valence-corrected chi connectivity index (χ0v) is 14.3. The number of ether oxygens (including phenoxy) is 1. The molecular weight excluding hydrogens is 290 g/mol. The van der Waals surface area contributed by atoms with Crippen molar-refractivity contribution in [1.82, 2.24) is 5.32 Å². The molecule has 0 fully saturated rings. The molecule has 4 nitrogen and oxygen atoms in total. The third-order valence-electron chi connectivity index (χ3n) is 2.93. The van der Waals surface area contributed by atoms with Gasteiger partial charge in [0.05, 0.1) is 0 Å². The van der Waals surface area contributed by atoms with Crippen LogP contribution in [0.2, 0.25) is 0 Å². The number of carbonyl (C=O) groups is 1. The molecule has 0 unspecified atom stereocenters. The summed E-state index contributed by atoms with van der Waals surface area (Å²) >= 11 is 0. The van der Waals surface area contributed by atoms with Crippen LogP contribution in [0.4, 0.5) is 4.79 Å². The Balaban J connectivity index is 2.35. The minimum Gasteiger partial charge on any atom is -0.444 e. The van der Waals surface area contributed by atoms with Crippen molar-refractivity contribution < 1.29 is 14.6 Å². The van der Waals surface area contributed by atoms with Crippen LogP contribution < -0.4 is 5.32 Å². The van der Waals surface area contributed by atoms with Crippen molar-refractivity contribution in [2.24, 2.45) is 0 Å². The van der Waals surface area contributed by atoms with E-state index in [0.29, 0.717) is 19.4 Å². The maximum absolute atomic E-state index is 11.5. The van der Waals surface area contributed by atoms with Crippen LogP contribution in [-0.4, -0.2) is 30.0 Å². The van der Waals surface area contributed by atoms with Gasteiger partial charge in [-0.2, -0.15) is 0 Å². The Bertz CT molecular complexity index is 550. The van der Waals surface area contributed by atoms with E-state index in [1.165, 1.54) is 5.56 Å². The zero-order valence-electron chi connectivity index (χ0n) is 14.3. The summed E-state index contributed by atoms with van der Waals surface area (Å²) in [5, 5.41) is 11.5. The van der Waals surface area contributed by atoms with Crippen molar-refractivity contribution in [3.63, 3.8) is 0 Å². The highest BCUT2D eigenvalue weighted by Gasteiger charge is 2.15. The number of nitrogens with one attached hydrogen (secondary N) is 1. The minimum absolute atomic E-state index is 0.180. The van der Waals surface area contributed by atoms with Crippen molar-refractivity contribution in [3.05, 3.63) is 35.4 Å². The van der Waals surface area contributed by atoms with Gasteiger partial charge in [0.2, 0.25) is 0 Å². The molecule has 0 saturated carbocycles. The number of hydrogen-bond donors (Lipinski definition) is 2. The van der Waals surface area contributed by atoms with Crippen LogP contribution >= 0.6 is 0 Å². The van der Waals surface area contributed by atoms with Gasteiger partial charge >= 0.3 is 6.09 Å². The van der Waals surface area contributed by atoms with Crippen LogP contribution in [0.1, 0.15) is 51.2 Å². The molecule has 0 radical (unpaired) electrons. The molecule has 0 aliphatic carbocycles. The predicted octanol–water partition coefficient (Wildman–Crippen LogP) is 3.27. The Kier molecular flexibility index (Phi) is 8.21. The Labute approximate surface area is 139 Å². The fourth-order valence-corrected chi connectivity index (χ4v) is 1.93. The number of rotatable bonds is 6. The zero-order chi connectivity index (χ0) is 17.1. The Morgan fingerprint density at radius 2 is 2.09 bits per heavy atom. The van der Waals surface area contributed by atoms with Crippen LogP contribution in [0, 0.1) is 11.8 Å². The van der Waals surface area contributed by atoms with Crippen molar-refractivity contribution in [1.29, 1.82) is 0 Å². The highest BCUT2D eigenvalue weighted by atomic mass is 16.6. The van der Waals surface area contributed by atoms with Gasteiger partial charge in [0.25, 0.3) is 0 Å². The number of benzene rings is 1. The second-order valence-electron chi connectivity index (χ2n) is 6.36. The fraction of sp³-hybridized carbons (Fsp3) is 0.526. The number of amides is 1. The molecule has 0 saturated heterocycles. The van der Waals surface area contributed by atoms with E-state index in [0.717, 1.165) is 18.4 Å². The number of aryl methyl sites for hydroxylation is 1. The number of carbonyl (C=O) groups excluding carboxylic acids is 1. The molecule has 0 atom stereocenters. The molecule has 1 amide bonds. The van der Waals surface area contributed by atoms with E-state index < -0.39 is 5.60 Å². The summed E-state index contributed by atoms with van der Waals surface area (Å²) in [4.78, 5) is 11.5. The van der Waals surface area contributed by atoms with Crippen molar-refractivity contribution in [2.45, 2.75) is 52.1 Å². The third kappa shape index (κ3) is 9.59. The van der Waals surface area contributed by atoms with Crippen LogP contribution in [0.5, 0.6) is 0 Å². The highest BCUT2D eigenvalue weighted by Crippen LogP contribution is 2.08. The van der Waals surface area contributed by atoms with Crippen molar-refractivity contribution >= 4 is 6.09 Å². The molecule has 0 heterocycles. The summed E-state index contributed by atoms with van der Waals surface area (Å²) in [7, 11) is 0. The summed E-state index contributed by atoms with van der Waals surface area (Å²) in [6.45, 7) is 6.31. The first-order chi connectivity index (χ1) is 10.9. The number of aliphatic hydroxyl groups excluding tert-OH is 1. The maximum atomic E-state index is 11.5. The normalized spacial score (nSPS) is 10.6. The minimum atomic E-state index is -0.465. The molecule has 126 valence electrons. The van der Waals surface area contributed by atoms with Crippen LogP contribution in [0.25, 0.3) is 0 Å². The summed E-state index contributed by atoms with van der Waals surface area (Å²) in [5.74, 6) is 6.15. The SMILES string of the molecule is CC(C)(C)OC(=O)NCCCc1cccc(C#CCCCO)c1. The van der Waals surface area contributed by atoms with Crippen LogP contribution in [-0.2, 0) is 11.2 Å². The first-order valence-electron chi connectivity index (χ1n) is 8.06. The monoisotopic (exact) mass is 317 g/mol. The average molecular weight is 317 g/mol. The highest BCUT2D eigenvalue weighted by molar-refractivity contribution is 5.67. The van der Waals surface area contributed by atoms with E-state index in [1.807, 2.05) is 32.9 Å². The van der Waals surface area contributed by atoms with Gasteiger partial charge in [0.15, 0.2) is 0 Å². The van der Waals surface area contributed by atoms with E-state index >= 15 is 0 Å². The van der Waals surface area contributed by atoms with Crippen molar-refractivity contribution in [2.75, 3.05) is 13.2 Å². The smallest absolute Gasteiger partial charge is 0.407 e. The lowest BCUT2D eigenvalue weighted by Gasteiger charge is -2.19. The average Bonchev–Trinajstić information content (AvgIpc) is 2.47. The molecule has 0 bridgehead atoms. The number of alkyl carbamates (subject to hydrolysis) is 1. The van der Waals surface area contributed by atoms with Gasteiger partial charge < -0.3 is 15.2 Å². The molecule has 0 aromatic heterocycles. The molecule has 0 aliphatic rings. The molecule has 0 aliphatic heterocycles. The van der Waals surface area contributed by atoms with Gasteiger partial charge in [-0.25, -0.2) is 4.79 Å². The predicted molar refractivity (Wildman–Crippen MR) is 92.2 cm³/mol. The summed E-state index contributed by atoms with van der Waals surface area (Å²) < 4.78 is 5.19. The summed E-state index contributed by atoms with van der Waals surface area (Å²) in [5.41, 5.74) is 1.72. The van der Waals surface area contributed by atoms with Gasteiger partial charge in [-0.3, -0.25) is 0 Å². The third-order valence-corrected chi connectivity index (χ3v) is 2.93. The number of hydrogen-bond acceptors (Lipinski definition) is 3. The van der Waals surface area contributed by atoms with E-state index in [1.54, 1.807) is 0 Å². The van der Waals surface area contributed by atoms with Crippen molar-refractivity contribution in [3.8, 4) is 11.8 Å². The van der Waals surface area contributed by atoms with Gasteiger partial charge in [0, 0.05) is 25.1 Å². The standard InChI is InChI=1S/C19H27NO3/c1-19(2,3)23-18(22)20-13-8-12-17-11-7-10-16(15-17)9-5-4-6-14-21/h7,10-11,15,21H,4,6,8,12-14H2,1-3H3,(H,20,22). The molecule has 4 heteroatoms. The second kappa shape index (κ2) is 9.91. The van der Waals surface area contributed by atoms with E-state index in [4.69, 9.17) is 9.84 Å². The molecule has 2 N–H and O–H groups in total. The maximum Gasteiger partial charge on any atom is 0.407 e. The topological polar surface area (TPSA) is 58.6 Å².